The molecule has 0 unspecified atom stereocenters. The number of amides is 2. The Balaban J connectivity index is 1.53. The summed E-state index contributed by atoms with van der Waals surface area (Å²) in [5.74, 6) is -0.619. The van der Waals surface area contributed by atoms with Crippen molar-refractivity contribution >= 4 is 44.7 Å². The van der Waals surface area contributed by atoms with Crippen LogP contribution in [0.15, 0.2) is 59.0 Å². The molecule has 8 heteroatoms. The van der Waals surface area contributed by atoms with Crippen LogP contribution in [0.1, 0.15) is 11.1 Å². The molecule has 0 radical (unpaired) electrons. The fourth-order valence-electron chi connectivity index (χ4n) is 3.89. The van der Waals surface area contributed by atoms with Crippen LogP contribution in [0.5, 0.6) is 0 Å². The maximum Gasteiger partial charge on any atom is 0.263 e. The number of nitrogens with one attached hydrogen (secondary N) is 1. The van der Waals surface area contributed by atoms with Gasteiger partial charge in [0.25, 0.3) is 5.56 Å². The van der Waals surface area contributed by atoms with Crippen LogP contribution >= 0.6 is 11.3 Å². The fourth-order valence-corrected chi connectivity index (χ4v) is 4.79. The lowest BCUT2D eigenvalue weighted by Gasteiger charge is -2.29. The number of rotatable bonds is 3. The monoisotopic (exact) mass is 444 g/mol. The van der Waals surface area contributed by atoms with Gasteiger partial charge in [0, 0.05) is 10.9 Å². The number of carbonyl (C=O) groups is 2. The Morgan fingerprint density at radius 3 is 2.75 bits per heavy atom. The van der Waals surface area contributed by atoms with Crippen molar-refractivity contribution in [2.75, 3.05) is 16.8 Å². The summed E-state index contributed by atoms with van der Waals surface area (Å²) in [6.07, 6.45) is 1.40. The van der Waals surface area contributed by atoms with E-state index in [0.717, 1.165) is 16.7 Å². The van der Waals surface area contributed by atoms with Crippen LogP contribution in [0.4, 0.5) is 11.4 Å². The molecule has 1 aliphatic heterocycles. The zero-order chi connectivity index (χ0) is 22.4. The lowest BCUT2D eigenvalue weighted by molar-refractivity contribution is -0.122. The number of aryl methyl sites for hydroxylation is 2. The molecule has 2 aromatic heterocycles. The van der Waals surface area contributed by atoms with E-state index in [-0.39, 0.29) is 30.5 Å². The maximum absolute atomic E-state index is 13.3. The number of para-hydroxylation sites is 2. The first-order chi connectivity index (χ1) is 15.4. The molecular formula is C24H20N4O3S. The van der Waals surface area contributed by atoms with Crippen molar-refractivity contribution in [3.05, 3.63) is 75.7 Å². The molecule has 160 valence electrons. The molecule has 3 heterocycles. The molecule has 0 bridgehead atoms. The molecule has 0 fully saturated rings. The van der Waals surface area contributed by atoms with Gasteiger partial charge >= 0.3 is 0 Å². The van der Waals surface area contributed by atoms with Crippen molar-refractivity contribution in [1.82, 2.24) is 9.55 Å². The summed E-state index contributed by atoms with van der Waals surface area (Å²) in [7, 11) is 0. The molecule has 1 N–H and O–H groups in total. The first-order valence-corrected chi connectivity index (χ1v) is 11.0. The first kappa shape index (κ1) is 20.1. The number of fused-ring (bicyclic) bond motifs is 2. The third kappa shape index (κ3) is 3.38. The summed E-state index contributed by atoms with van der Waals surface area (Å²) < 4.78 is 1.32. The van der Waals surface area contributed by atoms with E-state index >= 15 is 0 Å². The predicted molar refractivity (Wildman–Crippen MR) is 126 cm³/mol. The average molecular weight is 445 g/mol. The van der Waals surface area contributed by atoms with Gasteiger partial charge in [-0.3, -0.25) is 23.9 Å². The lowest BCUT2D eigenvalue weighted by atomic mass is 10.0. The van der Waals surface area contributed by atoms with Crippen molar-refractivity contribution in [2.24, 2.45) is 0 Å². The molecule has 1 aliphatic rings. The molecule has 2 amide bonds. The molecule has 0 saturated heterocycles. The molecule has 32 heavy (non-hydrogen) atoms. The second-order valence-electron chi connectivity index (χ2n) is 7.85. The van der Waals surface area contributed by atoms with E-state index in [4.69, 9.17) is 0 Å². The van der Waals surface area contributed by atoms with Crippen LogP contribution in [-0.2, 0) is 16.1 Å². The summed E-state index contributed by atoms with van der Waals surface area (Å²) in [4.78, 5) is 45.0. The molecule has 0 atom stereocenters. The van der Waals surface area contributed by atoms with E-state index in [1.165, 1.54) is 32.7 Å². The summed E-state index contributed by atoms with van der Waals surface area (Å²) >= 11 is 1.41. The minimum Gasteiger partial charge on any atom is -0.323 e. The summed E-state index contributed by atoms with van der Waals surface area (Å²) in [6.45, 7) is 3.79. The highest BCUT2D eigenvalue weighted by atomic mass is 32.1. The molecule has 0 spiro atoms. The van der Waals surface area contributed by atoms with Crippen molar-refractivity contribution in [2.45, 2.75) is 20.4 Å². The molecular weight excluding hydrogens is 424 g/mol. The highest BCUT2D eigenvalue weighted by Crippen LogP contribution is 2.32. The molecule has 7 nitrogen and oxygen atoms in total. The number of nitrogens with zero attached hydrogens (tertiary/aromatic N) is 3. The Morgan fingerprint density at radius 2 is 1.94 bits per heavy atom. The van der Waals surface area contributed by atoms with Crippen molar-refractivity contribution in [3.63, 3.8) is 0 Å². The topological polar surface area (TPSA) is 84.3 Å². The molecule has 4 aromatic rings. The summed E-state index contributed by atoms with van der Waals surface area (Å²) in [6, 6.07) is 13.2. The third-order valence-corrected chi connectivity index (χ3v) is 6.64. The highest BCUT2D eigenvalue weighted by molar-refractivity contribution is 7.17. The van der Waals surface area contributed by atoms with E-state index in [2.05, 4.69) is 16.4 Å². The molecule has 5 rings (SSSR count). The number of hydrogen-bond donors (Lipinski definition) is 1. The van der Waals surface area contributed by atoms with Crippen LogP contribution in [0, 0.1) is 13.8 Å². The Kier molecular flexibility index (Phi) is 4.86. The minimum absolute atomic E-state index is 0.0907. The molecule has 0 aliphatic carbocycles. The minimum atomic E-state index is -0.349. The lowest BCUT2D eigenvalue weighted by Crippen LogP contribution is -2.44. The van der Waals surface area contributed by atoms with Crippen molar-refractivity contribution in [3.8, 4) is 11.1 Å². The van der Waals surface area contributed by atoms with Crippen molar-refractivity contribution < 1.29 is 9.59 Å². The third-order valence-electron chi connectivity index (χ3n) is 5.76. The van der Waals surface area contributed by atoms with Gasteiger partial charge in [-0.2, -0.15) is 0 Å². The van der Waals surface area contributed by atoms with Gasteiger partial charge in [0.1, 0.15) is 17.9 Å². The quantitative estimate of drug-likeness (QED) is 0.522. The SMILES string of the molecule is Cc1ccc(-c2csc3ncn(CC(=O)N4CC(=O)Nc5ccccc54)c(=O)c23)cc1C. The van der Waals surface area contributed by atoms with Gasteiger partial charge in [0.15, 0.2) is 0 Å². The van der Waals surface area contributed by atoms with Crippen LogP contribution in [0.25, 0.3) is 21.3 Å². The van der Waals surface area contributed by atoms with Crippen molar-refractivity contribution in [1.29, 1.82) is 0 Å². The van der Waals surface area contributed by atoms with Gasteiger partial charge in [0.2, 0.25) is 11.8 Å². The number of carbonyl (C=O) groups excluding carboxylic acids is 2. The Bertz CT molecular complexity index is 1450. The predicted octanol–water partition coefficient (Wildman–Crippen LogP) is 3.73. The number of thiophene rings is 1. The van der Waals surface area contributed by atoms with E-state index < -0.39 is 0 Å². The van der Waals surface area contributed by atoms with Gasteiger partial charge in [-0.15, -0.1) is 11.3 Å². The van der Waals surface area contributed by atoms with E-state index in [0.29, 0.717) is 21.6 Å². The van der Waals surface area contributed by atoms with Gasteiger partial charge in [-0.25, -0.2) is 4.98 Å². The van der Waals surface area contributed by atoms with Crippen LogP contribution in [0.2, 0.25) is 0 Å². The van der Waals surface area contributed by atoms with E-state index in [1.54, 1.807) is 24.3 Å². The van der Waals surface area contributed by atoms with E-state index in [9.17, 15) is 14.4 Å². The van der Waals surface area contributed by atoms with E-state index in [1.807, 2.05) is 31.4 Å². The Labute approximate surface area is 187 Å². The van der Waals surface area contributed by atoms with Gasteiger partial charge in [0.05, 0.1) is 23.1 Å². The number of hydrogen-bond acceptors (Lipinski definition) is 5. The summed E-state index contributed by atoms with van der Waals surface area (Å²) in [5.41, 5.74) is 5.01. The normalized spacial score (nSPS) is 13.2. The number of anilines is 2. The number of benzene rings is 2. The van der Waals surface area contributed by atoms with Crippen LogP contribution < -0.4 is 15.8 Å². The first-order valence-electron chi connectivity index (χ1n) is 10.2. The van der Waals surface area contributed by atoms with Gasteiger partial charge in [-0.05, 0) is 42.7 Å². The smallest absolute Gasteiger partial charge is 0.263 e. The van der Waals surface area contributed by atoms with Gasteiger partial charge < -0.3 is 5.32 Å². The fraction of sp³-hybridized carbons (Fsp3) is 0.167. The van der Waals surface area contributed by atoms with Gasteiger partial charge in [-0.1, -0.05) is 30.3 Å². The second-order valence-corrected chi connectivity index (χ2v) is 8.71. The highest BCUT2D eigenvalue weighted by Gasteiger charge is 2.27. The second kappa shape index (κ2) is 7.72. The zero-order valence-corrected chi connectivity index (χ0v) is 18.4. The zero-order valence-electron chi connectivity index (χ0n) is 17.6. The standard InChI is InChI=1S/C24H20N4O3S/c1-14-7-8-16(9-15(14)2)17-12-32-23-22(17)24(31)27(13-25-23)11-21(30)28-10-20(29)26-18-5-3-4-6-19(18)28/h3-9,12-13H,10-11H2,1-2H3,(H,26,29). The summed E-state index contributed by atoms with van der Waals surface area (Å²) in [5, 5.41) is 5.20. The number of aromatic nitrogens is 2. The molecule has 0 saturated carbocycles. The largest absolute Gasteiger partial charge is 0.323 e. The molecule has 2 aromatic carbocycles. The Morgan fingerprint density at radius 1 is 1.12 bits per heavy atom. The maximum atomic E-state index is 13.3. The van der Waals surface area contributed by atoms with Crippen LogP contribution in [0.3, 0.4) is 0 Å². The van der Waals surface area contributed by atoms with Crippen LogP contribution in [-0.4, -0.2) is 27.9 Å². The Hall–Kier alpha value is -3.78. The average Bonchev–Trinajstić information content (AvgIpc) is 3.22.